The third kappa shape index (κ3) is 2.85. The minimum atomic E-state index is -0.392. The number of aromatic hydroxyl groups is 2. The molecule has 0 aliphatic carbocycles. The molecule has 2 rings (SSSR count). The molecule has 2 aromatic rings. The molecule has 0 aliphatic rings. The quantitative estimate of drug-likeness (QED) is 0.576. The van der Waals surface area contributed by atoms with Gasteiger partial charge < -0.3 is 10.2 Å². The fourth-order valence-electron chi connectivity index (χ4n) is 1.48. The number of carbonyl (C=O) groups excluding carboxylic acids is 1. The molecule has 4 heteroatoms. The first-order chi connectivity index (χ1) is 7.70. The maximum atomic E-state index is 12.0. The molecule has 2 aromatic carbocycles. The topological polar surface area (TPSA) is 57.5 Å². The summed E-state index contributed by atoms with van der Waals surface area (Å²) < 4.78 is 0. The van der Waals surface area contributed by atoms with Crippen LogP contribution in [0, 0.1) is 0 Å². The van der Waals surface area contributed by atoms with Crippen LogP contribution in [0.3, 0.4) is 0 Å². The number of hydrogen-bond acceptors (Lipinski definition) is 3. The zero-order chi connectivity index (χ0) is 11.5. The molecule has 0 unspecified atom stereocenters. The number of phenolic OH excluding ortho intramolecular Hbond substituents is 2. The van der Waals surface area contributed by atoms with Gasteiger partial charge in [-0.25, -0.2) is 0 Å². The van der Waals surface area contributed by atoms with Gasteiger partial charge in [-0.15, -0.1) is 0 Å². The number of carbonyl (C=O) groups is 1. The number of para-hydroxylation sites is 2. The molecule has 0 saturated carbocycles. The summed E-state index contributed by atoms with van der Waals surface area (Å²) in [7, 11) is 0. The molecule has 0 heterocycles. The molecule has 3 nitrogen and oxygen atoms in total. The summed E-state index contributed by atoms with van der Waals surface area (Å²) in [4.78, 5) is 12.0. The molecule has 0 aliphatic heterocycles. The molecule has 4 radical (unpaired) electrons. The molecule has 0 atom stereocenters. The fraction of sp³-hybridized carbons (Fsp3) is 0. The molecule has 0 amide bonds. The Balaban J connectivity index is 0.00000144. The van der Waals surface area contributed by atoms with Gasteiger partial charge in [-0.3, -0.25) is 4.79 Å². The summed E-state index contributed by atoms with van der Waals surface area (Å²) in [5.74, 6) is -0.567. The molecule has 2 N–H and O–H groups in total. The third-order valence-corrected chi connectivity index (χ3v) is 2.30. The van der Waals surface area contributed by atoms with Crippen LogP contribution in [0.5, 0.6) is 11.5 Å². The van der Waals surface area contributed by atoms with Gasteiger partial charge >= 0.3 is 0 Å². The summed E-state index contributed by atoms with van der Waals surface area (Å²) in [5.41, 5.74) is 0.369. The van der Waals surface area contributed by atoms with E-state index in [2.05, 4.69) is 0 Å². The summed E-state index contributed by atoms with van der Waals surface area (Å²) in [6.07, 6.45) is 0. The summed E-state index contributed by atoms with van der Waals surface area (Å²) in [5, 5.41) is 19.1. The van der Waals surface area contributed by atoms with Crippen molar-refractivity contribution in [2.75, 3.05) is 0 Å². The summed E-state index contributed by atoms with van der Waals surface area (Å²) >= 11 is 0. The Morgan fingerprint density at radius 2 is 1.12 bits per heavy atom. The largest absolute Gasteiger partial charge is 0.507 e. The zero-order valence-electron chi connectivity index (χ0n) is 8.92. The Morgan fingerprint density at radius 1 is 0.765 bits per heavy atom. The minimum absolute atomic E-state index is 0. The van der Waals surface area contributed by atoms with Crippen LogP contribution in [-0.2, 0) is 0 Å². The van der Waals surface area contributed by atoms with Gasteiger partial charge in [-0.2, -0.15) is 0 Å². The molecular formula is C13H10O3Pb. The molecular weight excluding hydrogens is 411 g/mol. The van der Waals surface area contributed by atoms with E-state index in [4.69, 9.17) is 0 Å². The minimum Gasteiger partial charge on any atom is -0.507 e. The first-order valence-electron chi connectivity index (χ1n) is 4.81. The van der Waals surface area contributed by atoms with Crippen LogP contribution in [0.15, 0.2) is 48.5 Å². The van der Waals surface area contributed by atoms with Gasteiger partial charge in [-0.05, 0) is 24.3 Å². The number of hydrogen-bond donors (Lipinski definition) is 2. The van der Waals surface area contributed by atoms with Crippen molar-refractivity contribution >= 4 is 33.1 Å². The second-order valence-corrected chi connectivity index (χ2v) is 3.36. The van der Waals surface area contributed by atoms with Gasteiger partial charge in [0.15, 0.2) is 5.78 Å². The average molecular weight is 421 g/mol. The van der Waals surface area contributed by atoms with Crippen molar-refractivity contribution in [1.29, 1.82) is 0 Å². The number of phenols is 2. The Labute approximate surface area is 119 Å². The van der Waals surface area contributed by atoms with E-state index in [1.54, 1.807) is 24.3 Å². The summed E-state index contributed by atoms with van der Waals surface area (Å²) in [6.45, 7) is 0. The Morgan fingerprint density at radius 3 is 1.47 bits per heavy atom. The van der Waals surface area contributed by atoms with Crippen molar-refractivity contribution in [3.63, 3.8) is 0 Å². The van der Waals surface area contributed by atoms with Gasteiger partial charge in [0.05, 0.1) is 11.1 Å². The molecule has 84 valence electrons. The first kappa shape index (κ1) is 13.7. The van der Waals surface area contributed by atoms with E-state index in [1.165, 1.54) is 24.3 Å². The molecule has 0 spiro atoms. The van der Waals surface area contributed by atoms with Crippen LogP contribution in [0.4, 0.5) is 0 Å². The number of benzene rings is 2. The monoisotopic (exact) mass is 422 g/mol. The van der Waals surface area contributed by atoms with E-state index in [0.29, 0.717) is 0 Å². The van der Waals surface area contributed by atoms with E-state index in [-0.39, 0.29) is 49.9 Å². The second kappa shape index (κ2) is 5.81. The average Bonchev–Trinajstić information content (AvgIpc) is 2.29. The SMILES string of the molecule is O=C(c1ccccc1O)c1ccccc1O.[Pb]. The van der Waals surface area contributed by atoms with Gasteiger partial charge in [0, 0.05) is 27.3 Å². The predicted molar refractivity (Wildman–Crippen MR) is 65.4 cm³/mol. The van der Waals surface area contributed by atoms with Crippen LogP contribution in [0.25, 0.3) is 0 Å². The van der Waals surface area contributed by atoms with Crippen molar-refractivity contribution in [3.05, 3.63) is 59.7 Å². The van der Waals surface area contributed by atoms with Gasteiger partial charge in [0.1, 0.15) is 11.5 Å². The van der Waals surface area contributed by atoms with Crippen molar-refractivity contribution < 1.29 is 15.0 Å². The van der Waals surface area contributed by atoms with Crippen LogP contribution in [-0.4, -0.2) is 43.3 Å². The molecule has 0 fully saturated rings. The molecule has 0 aromatic heterocycles. The van der Waals surface area contributed by atoms with E-state index in [9.17, 15) is 15.0 Å². The molecule has 0 bridgehead atoms. The predicted octanol–water partition coefficient (Wildman–Crippen LogP) is 1.95. The zero-order valence-corrected chi connectivity index (χ0v) is 12.8. The van der Waals surface area contributed by atoms with Crippen molar-refractivity contribution in [1.82, 2.24) is 0 Å². The van der Waals surface area contributed by atoms with E-state index in [1.807, 2.05) is 0 Å². The van der Waals surface area contributed by atoms with Crippen LogP contribution in [0.2, 0.25) is 0 Å². The van der Waals surface area contributed by atoms with E-state index < -0.39 is 5.78 Å². The maximum absolute atomic E-state index is 12.0. The fourth-order valence-corrected chi connectivity index (χ4v) is 1.48. The van der Waals surface area contributed by atoms with Crippen LogP contribution in [0.1, 0.15) is 15.9 Å². The summed E-state index contributed by atoms with van der Waals surface area (Å²) in [6, 6.07) is 12.5. The van der Waals surface area contributed by atoms with E-state index >= 15 is 0 Å². The number of ketones is 1. The van der Waals surface area contributed by atoms with Gasteiger partial charge in [0.2, 0.25) is 0 Å². The third-order valence-electron chi connectivity index (χ3n) is 2.30. The Kier molecular flexibility index (Phi) is 4.68. The van der Waals surface area contributed by atoms with Crippen molar-refractivity contribution in [3.8, 4) is 11.5 Å². The Bertz CT molecular complexity index is 490. The molecule has 0 saturated heterocycles. The van der Waals surface area contributed by atoms with E-state index in [0.717, 1.165) is 0 Å². The smallest absolute Gasteiger partial charge is 0.200 e. The van der Waals surface area contributed by atoms with Crippen molar-refractivity contribution in [2.24, 2.45) is 0 Å². The van der Waals surface area contributed by atoms with Crippen LogP contribution >= 0.6 is 0 Å². The molecule has 17 heavy (non-hydrogen) atoms. The van der Waals surface area contributed by atoms with Crippen molar-refractivity contribution in [2.45, 2.75) is 0 Å². The van der Waals surface area contributed by atoms with Gasteiger partial charge in [0.25, 0.3) is 0 Å². The van der Waals surface area contributed by atoms with Gasteiger partial charge in [-0.1, -0.05) is 24.3 Å². The first-order valence-corrected chi connectivity index (χ1v) is 4.81. The maximum Gasteiger partial charge on any atom is 0.200 e. The second-order valence-electron chi connectivity index (χ2n) is 3.36. The normalized spacial score (nSPS) is 9.41. The Hall–Kier alpha value is -1.37. The standard InChI is InChI=1S/C13H10O3.Pb/c14-11-7-3-1-5-9(11)13(16)10-6-2-4-8-12(10)15;/h1-8,14-15H;. The number of rotatable bonds is 2. The van der Waals surface area contributed by atoms with Crippen LogP contribution < -0.4 is 0 Å².